The van der Waals surface area contributed by atoms with Crippen molar-refractivity contribution in [3.8, 4) is 0 Å². The second-order valence-corrected chi connectivity index (χ2v) is 6.11. The summed E-state index contributed by atoms with van der Waals surface area (Å²) in [4.78, 5) is 19.3. The van der Waals surface area contributed by atoms with Crippen molar-refractivity contribution in [1.82, 2.24) is 25.1 Å². The molecule has 0 fully saturated rings. The minimum atomic E-state index is -0.285. The van der Waals surface area contributed by atoms with E-state index in [1.54, 1.807) is 17.1 Å². The number of halogens is 1. The molecule has 2 heterocycles. The number of H-pyrrole nitrogens is 1. The smallest absolute Gasteiger partial charge is 0.220 e. The van der Waals surface area contributed by atoms with Crippen LogP contribution in [0.15, 0.2) is 24.8 Å². The van der Waals surface area contributed by atoms with Crippen LogP contribution in [-0.4, -0.2) is 25.7 Å². The minimum absolute atomic E-state index is 0.0588. The standard InChI is InChI=1S/C18H22FN5O/c1-3-16-12(2)15-8-14(19)7-13(18(15)23-16)9-21-17(25)5-4-6-24-11-20-10-22-24/h7-8,10-11,23H,3-6,9H2,1-2H3,(H,21,25). The number of nitrogens with zero attached hydrogens (tertiary/aromatic N) is 3. The van der Waals surface area contributed by atoms with E-state index in [-0.39, 0.29) is 11.7 Å². The van der Waals surface area contributed by atoms with Gasteiger partial charge in [0.05, 0.1) is 5.52 Å². The Labute approximate surface area is 145 Å². The van der Waals surface area contributed by atoms with Crippen LogP contribution in [0.1, 0.15) is 36.6 Å². The Bertz CT molecular complexity index is 869. The number of aromatic nitrogens is 4. The summed E-state index contributed by atoms with van der Waals surface area (Å²) in [6.07, 6.45) is 5.02. The third kappa shape index (κ3) is 3.87. The molecule has 2 aromatic heterocycles. The molecule has 0 bridgehead atoms. The summed E-state index contributed by atoms with van der Waals surface area (Å²) in [6, 6.07) is 3.02. The number of aryl methyl sites for hydroxylation is 3. The molecule has 7 heteroatoms. The van der Waals surface area contributed by atoms with Crippen LogP contribution in [0.25, 0.3) is 10.9 Å². The van der Waals surface area contributed by atoms with Crippen LogP contribution in [0.4, 0.5) is 4.39 Å². The van der Waals surface area contributed by atoms with Gasteiger partial charge in [0.1, 0.15) is 18.5 Å². The fourth-order valence-electron chi connectivity index (χ4n) is 3.04. The number of hydrogen-bond acceptors (Lipinski definition) is 3. The SMILES string of the molecule is CCc1[nH]c2c(CNC(=O)CCCn3cncn3)cc(F)cc2c1C. The van der Waals surface area contributed by atoms with Crippen molar-refractivity contribution in [3.63, 3.8) is 0 Å². The molecule has 0 saturated heterocycles. The van der Waals surface area contributed by atoms with Gasteiger partial charge in [-0.3, -0.25) is 9.48 Å². The average Bonchev–Trinajstić information content (AvgIpc) is 3.21. The quantitative estimate of drug-likeness (QED) is 0.693. The first-order chi connectivity index (χ1) is 12.1. The predicted molar refractivity (Wildman–Crippen MR) is 93.5 cm³/mol. The van der Waals surface area contributed by atoms with E-state index in [1.807, 2.05) is 6.92 Å². The molecular weight excluding hydrogens is 321 g/mol. The number of rotatable bonds is 7. The molecule has 0 spiro atoms. The minimum Gasteiger partial charge on any atom is -0.358 e. The number of amides is 1. The van der Waals surface area contributed by atoms with Crippen molar-refractivity contribution in [3.05, 3.63) is 47.4 Å². The lowest BCUT2D eigenvalue weighted by Crippen LogP contribution is -2.23. The van der Waals surface area contributed by atoms with Gasteiger partial charge in [0, 0.05) is 30.6 Å². The topological polar surface area (TPSA) is 75.6 Å². The maximum atomic E-state index is 13.9. The van der Waals surface area contributed by atoms with Crippen molar-refractivity contribution >= 4 is 16.8 Å². The van der Waals surface area contributed by atoms with Crippen molar-refractivity contribution in [2.45, 2.75) is 46.2 Å². The number of benzene rings is 1. The molecule has 1 amide bonds. The first-order valence-electron chi connectivity index (χ1n) is 8.47. The van der Waals surface area contributed by atoms with Crippen LogP contribution >= 0.6 is 0 Å². The maximum absolute atomic E-state index is 13.9. The number of nitrogens with one attached hydrogen (secondary N) is 2. The van der Waals surface area contributed by atoms with E-state index in [2.05, 4.69) is 27.3 Å². The first-order valence-corrected chi connectivity index (χ1v) is 8.47. The van der Waals surface area contributed by atoms with Gasteiger partial charge in [0.25, 0.3) is 0 Å². The lowest BCUT2D eigenvalue weighted by molar-refractivity contribution is -0.121. The molecule has 0 saturated carbocycles. The highest BCUT2D eigenvalue weighted by molar-refractivity contribution is 5.87. The third-order valence-corrected chi connectivity index (χ3v) is 4.40. The van der Waals surface area contributed by atoms with Crippen LogP contribution < -0.4 is 5.32 Å². The number of carbonyl (C=O) groups excluding carboxylic acids is 1. The van der Waals surface area contributed by atoms with E-state index in [1.165, 1.54) is 12.4 Å². The van der Waals surface area contributed by atoms with E-state index in [4.69, 9.17) is 0 Å². The zero-order valence-electron chi connectivity index (χ0n) is 14.5. The van der Waals surface area contributed by atoms with Crippen molar-refractivity contribution in [2.75, 3.05) is 0 Å². The zero-order chi connectivity index (χ0) is 17.8. The van der Waals surface area contributed by atoms with Gasteiger partial charge in [-0.25, -0.2) is 9.37 Å². The van der Waals surface area contributed by atoms with Gasteiger partial charge >= 0.3 is 0 Å². The summed E-state index contributed by atoms with van der Waals surface area (Å²) in [7, 11) is 0. The van der Waals surface area contributed by atoms with Gasteiger partial charge in [-0.2, -0.15) is 5.10 Å². The fourth-order valence-corrected chi connectivity index (χ4v) is 3.04. The van der Waals surface area contributed by atoms with E-state index in [0.29, 0.717) is 25.9 Å². The summed E-state index contributed by atoms with van der Waals surface area (Å²) in [5, 5.41) is 7.75. The monoisotopic (exact) mass is 343 g/mol. The van der Waals surface area contributed by atoms with Gasteiger partial charge in [0.15, 0.2) is 0 Å². The lowest BCUT2D eigenvalue weighted by Gasteiger charge is -2.07. The summed E-state index contributed by atoms with van der Waals surface area (Å²) < 4.78 is 15.6. The van der Waals surface area contributed by atoms with E-state index < -0.39 is 0 Å². The fraction of sp³-hybridized carbons (Fsp3) is 0.389. The highest BCUT2D eigenvalue weighted by Gasteiger charge is 2.12. The molecule has 3 aromatic rings. The van der Waals surface area contributed by atoms with Crippen LogP contribution in [0.5, 0.6) is 0 Å². The second-order valence-electron chi connectivity index (χ2n) is 6.11. The van der Waals surface area contributed by atoms with E-state index in [0.717, 1.165) is 34.1 Å². The van der Waals surface area contributed by atoms with Crippen LogP contribution in [0.3, 0.4) is 0 Å². The van der Waals surface area contributed by atoms with Crippen molar-refractivity contribution in [1.29, 1.82) is 0 Å². The Morgan fingerprint density at radius 1 is 1.40 bits per heavy atom. The largest absolute Gasteiger partial charge is 0.358 e. The van der Waals surface area contributed by atoms with E-state index in [9.17, 15) is 9.18 Å². The molecule has 6 nitrogen and oxygen atoms in total. The Morgan fingerprint density at radius 3 is 2.96 bits per heavy atom. The highest BCUT2D eigenvalue weighted by atomic mass is 19.1. The molecule has 0 aliphatic heterocycles. The second kappa shape index (κ2) is 7.46. The van der Waals surface area contributed by atoms with Crippen molar-refractivity contribution < 1.29 is 9.18 Å². The van der Waals surface area contributed by atoms with Gasteiger partial charge in [-0.05, 0) is 43.0 Å². The van der Waals surface area contributed by atoms with Gasteiger partial charge in [-0.1, -0.05) is 6.92 Å². The van der Waals surface area contributed by atoms with Gasteiger partial charge in [0.2, 0.25) is 5.91 Å². The molecule has 0 unspecified atom stereocenters. The summed E-state index contributed by atoms with van der Waals surface area (Å²) >= 11 is 0. The average molecular weight is 343 g/mol. The number of carbonyl (C=O) groups is 1. The first kappa shape index (κ1) is 17.1. The molecule has 2 N–H and O–H groups in total. The number of fused-ring (bicyclic) bond motifs is 1. The zero-order valence-corrected chi connectivity index (χ0v) is 14.5. The molecule has 132 valence electrons. The molecule has 1 aromatic carbocycles. The molecule has 0 aliphatic carbocycles. The Kier molecular flexibility index (Phi) is 5.11. The van der Waals surface area contributed by atoms with Crippen LogP contribution in [-0.2, 0) is 24.3 Å². The molecular formula is C18H22FN5O. The summed E-state index contributed by atoms with van der Waals surface area (Å²) in [5.41, 5.74) is 3.83. The number of hydrogen-bond donors (Lipinski definition) is 2. The van der Waals surface area contributed by atoms with Crippen LogP contribution in [0.2, 0.25) is 0 Å². The molecule has 0 radical (unpaired) electrons. The Balaban J connectivity index is 1.63. The Hall–Kier alpha value is -2.70. The summed E-state index contributed by atoms with van der Waals surface area (Å²) in [6.45, 7) is 5.00. The van der Waals surface area contributed by atoms with Gasteiger partial charge < -0.3 is 10.3 Å². The predicted octanol–water partition coefficient (Wildman–Crippen LogP) is 2.87. The lowest BCUT2D eigenvalue weighted by atomic mass is 10.1. The number of aromatic amines is 1. The van der Waals surface area contributed by atoms with Crippen molar-refractivity contribution in [2.24, 2.45) is 0 Å². The highest BCUT2D eigenvalue weighted by Crippen LogP contribution is 2.26. The van der Waals surface area contributed by atoms with Crippen LogP contribution in [0, 0.1) is 12.7 Å². The van der Waals surface area contributed by atoms with Gasteiger partial charge in [-0.15, -0.1) is 0 Å². The third-order valence-electron chi connectivity index (χ3n) is 4.40. The van der Waals surface area contributed by atoms with E-state index >= 15 is 0 Å². The summed E-state index contributed by atoms with van der Waals surface area (Å²) in [5.74, 6) is -0.343. The molecule has 0 atom stereocenters. The molecule has 3 rings (SSSR count). The molecule has 25 heavy (non-hydrogen) atoms. The normalized spacial score (nSPS) is 11.2. The Morgan fingerprint density at radius 2 is 2.24 bits per heavy atom. The maximum Gasteiger partial charge on any atom is 0.220 e. The molecule has 0 aliphatic rings.